The van der Waals surface area contributed by atoms with Gasteiger partial charge in [-0.05, 0) is 76.5 Å². The molecule has 0 saturated heterocycles. The zero-order valence-corrected chi connectivity index (χ0v) is 18.4. The zero-order valence-electron chi connectivity index (χ0n) is 16.8. The van der Waals surface area contributed by atoms with Gasteiger partial charge in [0, 0.05) is 12.0 Å². The number of benzene rings is 2. The second-order valence-corrected chi connectivity index (χ2v) is 8.45. The van der Waals surface area contributed by atoms with Gasteiger partial charge in [0.1, 0.15) is 5.69 Å². The molecule has 6 nitrogen and oxygen atoms in total. The van der Waals surface area contributed by atoms with Crippen LogP contribution in [0.15, 0.2) is 34.8 Å². The van der Waals surface area contributed by atoms with E-state index in [9.17, 15) is 10.1 Å². The topological polar surface area (TPSA) is 73.6 Å². The summed E-state index contributed by atoms with van der Waals surface area (Å²) in [4.78, 5) is 11.5. The van der Waals surface area contributed by atoms with E-state index in [1.165, 1.54) is 0 Å². The van der Waals surface area contributed by atoms with Gasteiger partial charge >= 0.3 is 0 Å². The fourth-order valence-corrected chi connectivity index (χ4v) is 5.29. The molecule has 0 amide bonds. The van der Waals surface area contributed by atoms with Crippen molar-refractivity contribution in [2.45, 2.75) is 32.2 Å². The minimum Gasteiger partial charge on any atom is -0.493 e. The number of nitro groups is 1. The van der Waals surface area contributed by atoms with Gasteiger partial charge in [-0.2, -0.15) is 0 Å². The molecule has 0 unspecified atom stereocenters. The third kappa shape index (κ3) is 3.08. The Bertz CT molecular complexity index is 1030. The number of hydrogen-bond donors (Lipinski definition) is 1. The zero-order chi connectivity index (χ0) is 20.9. The van der Waals surface area contributed by atoms with Crippen LogP contribution in [0.25, 0.3) is 0 Å². The van der Waals surface area contributed by atoms with Crippen molar-refractivity contribution in [3.8, 4) is 11.5 Å². The lowest BCUT2D eigenvalue weighted by Crippen LogP contribution is -2.30. The maximum absolute atomic E-state index is 11.8. The Balaban J connectivity index is 1.90. The monoisotopic (exact) mass is 458 g/mol. The first kappa shape index (κ1) is 19.8. The number of ether oxygens (including phenoxy) is 2. The predicted octanol–water partition coefficient (Wildman–Crippen LogP) is 5.82. The van der Waals surface area contributed by atoms with Gasteiger partial charge in [0.05, 0.1) is 29.7 Å². The largest absolute Gasteiger partial charge is 0.493 e. The number of hydrogen-bond acceptors (Lipinski definition) is 5. The van der Waals surface area contributed by atoms with Crippen LogP contribution < -0.4 is 14.8 Å². The Morgan fingerprint density at radius 3 is 2.62 bits per heavy atom. The molecule has 0 radical (unpaired) electrons. The molecule has 1 aliphatic carbocycles. The lowest BCUT2D eigenvalue weighted by molar-refractivity contribution is -0.384. The van der Waals surface area contributed by atoms with Crippen LogP contribution in [-0.4, -0.2) is 19.1 Å². The summed E-state index contributed by atoms with van der Waals surface area (Å²) in [6, 6.07) is 5.54. The predicted molar refractivity (Wildman–Crippen MR) is 116 cm³/mol. The molecule has 0 aromatic heterocycles. The summed E-state index contributed by atoms with van der Waals surface area (Å²) >= 11 is 3.57. The van der Waals surface area contributed by atoms with Crippen molar-refractivity contribution >= 4 is 27.3 Å². The highest BCUT2D eigenvalue weighted by Crippen LogP contribution is 2.54. The summed E-state index contributed by atoms with van der Waals surface area (Å²) < 4.78 is 11.7. The summed E-state index contributed by atoms with van der Waals surface area (Å²) in [5, 5.41) is 15.3. The van der Waals surface area contributed by atoms with Crippen LogP contribution in [-0.2, 0) is 0 Å². The van der Waals surface area contributed by atoms with Crippen molar-refractivity contribution in [3.05, 3.63) is 67.2 Å². The SMILES string of the molecule is COc1cc([C@@H]2Nc3c([N+](=O)[O-])cc(C)c(C)c3[C@@H]3C=CC[C@H]32)cc(Br)c1OC. The number of allylic oxidation sites excluding steroid dienone is 2. The Hall–Kier alpha value is -2.54. The molecule has 1 heterocycles. The van der Waals surface area contributed by atoms with E-state index < -0.39 is 0 Å². The number of nitrogens with one attached hydrogen (secondary N) is 1. The molecule has 29 heavy (non-hydrogen) atoms. The molecule has 4 rings (SSSR count). The molecule has 2 aromatic rings. The third-order valence-electron chi connectivity index (χ3n) is 6.16. The van der Waals surface area contributed by atoms with Crippen molar-refractivity contribution in [1.82, 2.24) is 0 Å². The van der Waals surface area contributed by atoms with Crippen LogP contribution >= 0.6 is 15.9 Å². The molecule has 0 bridgehead atoms. The number of nitro benzene ring substituents is 1. The molecule has 2 aromatic carbocycles. The molecule has 0 saturated carbocycles. The molecule has 0 spiro atoms. The quantitative estimate of drug-likeness (QED) is 0.355. The number of aryl methyl sites for hydroxylation is 1. The standard InChI is InChI=1S/C22H23BrN2O4/c1-11-8-17(25(26)27)21-19(12(11)2)14-6-5-7-15(14)20(24-21)13-9-16(23)22(29-4)18(10-13)28-3/h5-6,8-10,14-15,20,24H,7H2,1-4H3/t14-,15-,20+/m1/s1. The Labute approximate surface area is 178 Å². The molecule has 7 heteroatoms. The van der Waals surface area contributed by atoms with Crippen LogP contribution in [0.3, 0.4) is 0 Å². The number of nitrogens with zero attached hydrogens (tertiary/aromatic N) is 1. The summed E-state index contributed by atoms with van der Waals surface area (Å²) in [7, 11) is 3.21. The van der Waals surface area contributed by atoms with E-state index >= 15 is 0 Å². The first-order chi connectivity index (χ1) is 13.9. The second kappa shape index (κ2) is 7.37. The van der Waals surface area contributed by atoms with E-state index in [4.69, 9.17) is 9.47 Å². The summed E-state index contributed by atoms with van der Waals surface area (Å²) in [5.74, 6) is 1.67. The third-order valence-corrected chi connectivity index (χ3v) is 6.75. The number of fused-ring (bicyclic) bond motifs is 3. The van der Waals surface area contributed by atoms with Crippen molar-refractivity contribution in [2.24, 2.45) is 5.92 Å². The Morgan fingerprint density at radius 2 is 1.97 bits per heavy atom. The first-order valence-electron chi connectivity index (χ1n) is 9.50. The van der Waals surface area contributed by atoms with Crippen molar-refractivity contribution in [3.63, 3.8) is 0 Å². The number of methoxy groups -OCH3 is 2. The normalized spacial score (nSPS) is 21.9. The highest BCUT2D eigenvalue weighted by molar-refractivity contribution is 9.10. The maximum atomic E-state index is 11.8. The molecule has 1 aliphatic heterocycles. The van der Waals surface area contributed by atoms with Gasteiger partial charge in [0.2, 0.25) is 0 Å². The molecule has 1 N–H and O–H groups in total. The molecule has 2 aliphatic rings. The lowest BCUT2D eigenvalue weighted by atomic mass is 9.74. The van der Waals surface area contributed by atoms with Gasteiger partial charge < -0.3 is 14.8 Å². The first-order valence-corrected chi connectivity index (χ1v) is 10.3. The van der Waals surface area contributed by atoms with E-state index in [1.807, 2.05) is 19.1 Å². The molecular weight excluding hydrogens is 436 g/mol. The van der Waals surface area contributed by atoms with Gasteiger partial charge in [-0.25, -0.2) is 0 Å². The van der Waals surface area contributed by atoms with Crippen molar-refractivity contribution < 1.29 is 14.4 Å². The van der Waals surface area contributed by atoms with Crippen molar-refractivity contribution in [1.29, 1.82) is 0 Å². The van der Waals surface area contributed by atoms with E-state index in [-0.39, 0.29) is 28.5 Å². The average molecular weight is 459 g/mol. The Kier molecular flexibility index (Phi) is 5.02. The lowest BCUT2D eigenvalue weighted by Gasteiger charge is -2.38. The number of rotatable bonds is 4. The minimum absolute atomic E-state index is 0.0839. The van der Waals surface area contributed by atoms with Gasteiger partial charge in [-0.3, -0.25) is 10.1 Å². The van der Waals surface area contributed by atoms with Gasteiger partial charge in [0.25, 0.3) is 5.69 Å². The molecule has 152 valence electrons. The van der Waals surface area contributed by atoms with Crippen LogP contribution in [0.4, 0.5) is 11.4 Å². The van der Waals surface area contributed by atoms with E-state index in [0.717, 1.165) is 33.1 Å². The fourth-order valence-electron chi connectivity index (χ4n) is 4.67. The molecule has 3 atom stereocenters. The van der Waals surface area contributed by atoms with Crippen LogP contribution in [0.1, 0.15) is 40.6 Å². The summed E-state index contributed by atoms with van der Waals surface area (Å²) in [5.41, 5.74) is 4.88. The maximum Gasteiger partial charge on any atom is 0.292 e. The van der Waals surface area contributed by atoms with Gasteiger partial charge in [0.15, 0.2) is 11.5 Å². The highest BCUT2D eigenvalue weighted by atomic mass is 79.9. The fraction of sp³-hybridized carbons (Fsp3) is 0.364. The van der Waals surface area contributed by atoms with Crippen molar-refractivity contribution in [2.75, 3.05) is 19.5 Å². The number of halogens is 1. The Morgan fingerprint density at radius 1 is 1.21 bits per heavy atom. The smallest absolute Gasteiger partial charge is 0.292 e. The van der Waals surface area contributed by atoms with Gasteiger partial charge in [-0.1, -0.05) is 12.2 Å². The minimum atomic E-state index is -0.293. The van der Waals surface area contributed by atoms with Gasteiger partial charge in [-0.15, -0.1) is 0 Å². The van der Waals surface area contributed by atoms with E-state index in [0.29, 0.717) is 17.2 Å². The van der Waals surface area contributed by atoms with Crippen LogP contribution in [0, 0.1) is 29.9 Å². The highest BCUT2D eigenvalue weighted by Gasteiger charge is 2.42. The van der Waals surface area contributed by atoms with Crippen LogP contribution in [0.2, 0.25) is 0 Å². The van der Waals surface area contributed by atoms with E-state index in [2.05, 4.69) is 40.3 Å². The molecule has 0 fully saturated rings. The van der Waals surface area contributed by atoms with Crippen LogP contribution in [0.5, 0.6) is 11.5 Å². The second-order valence-electron chi connectivity index (χ2n) is 7.60. The summed E-state index contributed by atoms with van der Waals surface area (Å²) in [6.07, 6.45) is 5.29. The van der Waals surface area contributed by atoms with E-state index in [1.54, 1.807) is 20.3 Å². The summed E-state index contributed by atoms with van der Waals surface area (Å²) in [6.45, 7) is 3.99. The number of anilines is 1. The molecular formula is C22H23BrN2O4. The average Bonchev–Trinajstić information content (AvgIpc) is 3.18.